The van der Waals surface area contributed by atoms with E-state index >= 15 is 0 Å². The summed E-state index contributed by atoms with van der Waals surface area (Å²) in [5.41, 5.74) is 6.88. The average molecular weight is 244 g/mol. The Kier molecular flexibility index (Phi) is 3.14. The number of carbonyl (C=O) groups is 1. The normalized spacial score (nSPS) is 10.1. The number of benzene rings is 1. The molecule has 0 saturated heterocycles. The van der Waals surface area contributed by atoms with E-state index in [1.807, 2.05) is 25.1 Å². The molecule has 0 aliphatic carbocycles. The summed E-state index contributed by atoms with van der Waals surface area (Å²) in [5.74, 6) is -0.231. The number of nitrogens with zero attached hydrogens (tertiary/aromatic N) is 1. The fourth-order valence-corrected chi connectivity index (χ4v) is 1.45. The van der Waals surface area contributed by atoms with Crippen LogP contribution in [0.15, 0.2) is 36.5 Å². The van der Waals surface area contributed by atoms with E-state index in [0.717, 1.165) is 5.56 Å². The molecule has 5 nitrogen and oxygen atoms in total. The number of aromatic nitrogens is 1. The van der Waals surface area contributed by atoms with Crippen LogP contribution in [0.4, 0.5) is 5.69 Å². The average Bonchev–Trinajstić information content (AvgIpc) is 2.34. The van der Waals surface area contributed by atoms with E-state index < -0.39 is 5.97 Å². The maximum absolute atomic E-state index is 10.7. The third kappa shape index (κ3) is 2.40. The Labute approximate surface area is 104 Å². The van der Waals surface area contributed by atoms with Gasteiger partial charge in [-0.1, -0.05) is 18.2 Å². The summed E-state index contributed by atoms with van der Waals surface area (Å²) in [6.45, 7) is 1.90. The second kappa shape index (κ2) is 4.75. The molecule has 0 aliphatic heterocycles. The lowest BCUT2D eigenvalue weighted by Crippen LogP contribution is -2.02. The van der Waals surface area contributed by atoms with Gasteiger partial charge >= 0.3 is 5.97 Å². The lowest BCUT2D eigenvalue weighted by Gasteiger charge is -2.09. The lowest BCUT2D eigenvalue weighted by molar-refractivity contribution is 0.0696. The van der Waals surface area contributed by atoms with Gasteiger partial charge in [0.25, 0.3) is 0 Å². The van der Waals surface area contributed by atoms with Crippen molar-refractivity contribution in [2.75, 3.05) is 5.73 Å². The number of aromatic carboxylic acids is 1. The molecule has 0 bridgehead atoms. The number of anilines is 1. The van der Waals surface area contributed by atoms with Gasteiger partial charge in [-0.05, 0) is 24.6 Å². The fraction of sp³-hybridized carbons (Fsp3) is 0.0769. The van der Waals surface area contributed by atoms with E-state index in [2.05, 4.69) is 4.98 Å². The van der Waals surface area contributed by atoms with Crippen LogP contribution in [-0.4, -0.2) is 16.1 Å². The zero-order valence-corrected chi connectivity index (χ0v) is 9.75. The molecule has 1 aromatic carbocycles. The van der Waals surface area contributed by atoms with Gasteiger partial charge in [-0.2, -0.15) is 0 Å². The van der Waals surface area contributed by atoms with Gasteiger partial charge < -0.3 is 15.6 Å². The van der Waals surface area contributed by atoms with Crippen molar-refractivity contribution in [2.24, 2.45) is 0 Å². The molecule has 5 heteroatoms. The van der Waals surface area contributed by atoms with Crippen molar-refractivity contribution in [1.82, 2.24) is 4.98 Å². The van der Waals surface area contributed by atoms with Crippen LogP contribution in [-0.2, 0) is 0 Å². The van der Waals surface area contributed by atoms with E-state index in [9.17, 15) is 4.79 Å². The van der Waals surface area contributed by atoms with E-state index in [0.29, 0.717) is 5.75 Å². The molecular formula is C13H12N2O3. The quantitative estimate of drug-likeness (QED) is 0.866. The molecule has 0 unspecified atom stereocenters. The highest BCUT2D eigenvalue weighted by atomic mass is 16.5. The zero-order chi connectivity index (χ0) is 13.1. The van der Waals surface area contributed by atoms with Crippen molar-refractivity contribution in [3.05, 3.63) is 47.7 Å². The SMILES string of the molecule is Cc1ccccc1Oc1ncc(C(=O)O)cc1N. The van der Waals surface area contributed by atoms with Crippen molar-refractivity contribution in [2.45, 2.75) is 6.92 Å². The lowest BCUT2D eigenvalue weighted by atomic mass is 10.2. The Morgan fingerprint density at radius 2 is 2.11 bits per heavy atom. The van der Waals surface area contributed by atoms with Gasteiger partial charge in [0.15, 0.2) is 0 Å². The first-order valence-corrected chi connectivity index (χ1v) is 5.30. The Balaban J connectivity index is 2.30. The van der Waals surface area contributed by atoms with Crippen LogP contribution in [0.3, 0.4) is 0 Å². The first-order valence-electron chi connectivity index (χ1n) is 5.30. The van der Waals surface area contributed by atoms with Crippen molar-refractivity contribution in [1.29, 1.82) is 0 Å². The summed E-state index contributed by atoms with van der Waals surface area (Å²) < 4.78 is 5.55. The maximum atomic E-state index is 10.7. The predicted octanol–water partition coefficient (Wildman–Crippen LogP) is 2.46. The summed E-state index contributed by atoms with van der Waals surface area (Å²) in [7, 11) is 0. The zero-order valence-electron chi connectivity index (χ0n) is 9.75. The molecular weight excluding hydrogens is 232 g/mol. The highest BCUT2D eigenvalue weighted by Crippen LogP contribution is 2.27. The van der Waals surface area contributed by atoms with Crippen molar-refractivity contribution >= 4 is 11.7 Å². The van der Waals surface area contributed by atoms with E-state index in [4.69, 9.17) is 15.6 Å². The second-order valence-corrected chi connectivity index (χ2v) is 3.79. The topological polar surface area (TPSA) is 85.4 Å². The number of carboxylic acid groups (broad SMARTS) is 1. The molecule has 3 N–H and O–H groups in total. The molecule has 0 fully saturated rings. The van der Waals surface area contributed by atoms with Crippen molar-refractivity contribution < 1.29 is 14.6 Å². The largest absolute Gasteiger partial charge is 0.478 e. The molecule has 18 heavy (non-hydrogen) atoms. The van der Waals surface area contributed by atoms with Gasteiger partial charge in [0.05, 0.1) is 11.3 Å². The van der Waals surface area contributed by atoms with Crippen LogP contribution in [0.1, 0.15) is 15.9 Å². The van der Waals surface area contributed by atoms with Crippen LogP contribution in [0.2, 0.25) is 0 Å². The van der Waals surface area contributed by atoms with E-state index in [1.165, 1.54) is 12.3 Å². The number of rotatable bonds is 3. The monoisotopic (exact) mass is 244 g/mol. The van der Waals surface area contributed by atoms with Crippen LogP contribution in [0.25, 0.3) is 0 Å². The summed E-state index contributed by atoms with van der Waals surface area (Å²) >= 11 is 0. The third-order valence-corrected chi connectivity index (χ3v) is 2.43. The molecule has 0 saturated carbocycles. The minimum atomic E-state index is -1.07. The van der Waals surface area contributed by atoms with E-state index in [1.54, 1.807) is 6.07 Å². The molecule has 1 heterocycles. The van der Waals surface area contributed by atoms with Gasteiger partial charge in [0, 0.05) is 6.20 Å². The number of nitrogens with two attached hydrogens (primary N) is 1. The summed E-state index contributed by atoms with van der Waals surface area (Å²) in [6, 6.07) is 8.75. The van der Waals surface area contributed by atoms with Gasteiger partial charge in [0.2, 0.25) is 5.88 Å². The molecule has 0 aliphatic rings. The number of para-hydroxylation sites is 1. The molecule has 0 spiro atoms. The molecule has 92 valence electrons. The number of aryl methyl sites for hydroxylation is 1. The molecule has 0 amide bonds. The minimum Gasteiger partial charge on any atom is -0.478 e. The molecule has 1 aromatic heterocycles. The van der Waals surface area contributed by atoms with Crippen molar-refractivity contribution in [3.63, 3.8) is 0 Å². The van der Waals surface area contributed by atoms with Gasteiger partial charge in [-0.3, -0.25) is 0 Å². The number of hydrogen-bond donors (Lipinski definition) is 2. The van der Waals surface area contributed by atoms with E-state index in [-0.39, 0.29) is 17.1 Å². The number of carboxylic acids is 1. The van der Waals surface area contributed by atoms with Gasteiger partial charge in [-0.25, -0.2) is 9.78 Å². The number of hydrogen-bond acceptors (Lipinski definition) is 4. The highest BCUT2D eigenvalue weighted by Gasteiger charge is 2.10. The Morgan fingerprint density at radius 1 is 1.39 bits per heavy atom. The minimum absolute atomic E-state index is 0.0321. The molecule has 0 atom stereocenters. The summed E-state index contributed by atoms with van der Waals surface area (Å²) in [4.78, 5) is 14.6. The maximum Gasteiger partial charge on any atom is 0.337 e. The van der Waals surface area contributed by atoms with Gasteiger partial charge in [0.1, 0.15) is 5.75 Å². The van der Waals surface area contributed by atoms with Crippen LogP contribution < -0.4 is 10.5 Å². The summed E-state index contributed by atoms with van der Waals surface area (Å²) in [5, 5.41) is 8.80. The smallest absolute Gasteiger partial charge is 0.337 e. The Bertz CT molecular complexity index is 597. The number of nitrogen functional groups attached to an aromatic ring is 1. The number of ether oxygens (including phenoxy) is 1. The Morgan fingerprint density at radius 3 is 2.72 bits per heavy atom. The first kappa shape index (κ1) is 11.9. The second-order valence-electron chi connectivity index (χ2n) is 3.79. The predicted molar refractivity (Wildman–Crippen MR) is 66.9 cm³/mol. The molecule has 0 radical (unpaired) electrons. The third-order valence-electron chi connectivity index (χ3n) is 2.43. The van der Waals surface area contributed by atoms with Crippen molar-refractivity contribution in [3.8, 4) is 11.6 Å². The molecule has 2 rings (SSSR count). The van der Waals surface area contributed by atoms with Crippen LogP contribution in [0.5, 0.6) is 11.6 Å². The molecule has 2 aromatic rings. The van der Waals surface area contributed by atoms with Crippen LogP contribution >= 0.6 is 0 Å². The first-order chi connectivity index (χ1) is 8.58. The fourth-order valence-electron chi connectivity index (χ4n) is 1.45. The number of pyridine rings is 1. The Hall–Kier alpha value is -2.56. The highest BCUT2D eigenvalue weighted by molar-refractivity contribution is 5.88. The standard InChI is InChI=1S/C13H12N2O3/c1-8-4-2-3-5-11(8)18-12-10(14)6-9(7-15-12)13(16)17/h2-7H,14H2,1H3,(H,16,17). The van der Waals surface area contributed by atoms with Gasteiger partial charge in [-0.15, -0.1) is 0 Å². The van der Waals surface area contributed by atoms with Crippen LogP contribution in [0, 0.1) is 6.92 Å². The summed E-state index contributed by atoms with van der Waals surface area (Å²) in [6.07, 6.45) is 1.21.